The van der Waals surface area contributed by atoms with Crippen LogP contribution in [0.15, 0.2) is 30.6 Å². The average molecular weight is 302 g/mol. The summed E-state index contributed by atoms with van der Waals surface area (Å²) in [6.07, 6.45) is 4.81. The number of hydrogen-bond acceptors (Lipinski definition) is 4. The summed E-state index contributed by atoms with van der Waals surface area (Å²) in [5.41, 5.74) is 1.38. The lowest BCUT2D eigenvalue weighted by Crippen LogP contribution is -2.27. The molecule has 118 valence electrons. The van der Waals surface area contributed by atoms with Crippen LogP contribution in [-0.4, -0.2) is 38.4 Å². The minimum Gasteiger partial charge on any atom is -0.393 e. The first-order valence-electron chi connectivity index (χ1n) is 7.61. The quantitative estimate of drug-likeness (QED) is 0.816. The second-order valence-electron chi connectivity index (χ2n) is 5.06. The van der Waals surface area contributed by atoms with Gasteiger partial charge in [0.05, 0.1) is 23.6 Å². The maximum absolute atomic E-state index is 12.3. The third-order valence-corrected chi connectivity index (χ3v) is 3.55. The van der Waals surface area contributed by atoms with Gasteiger partial charge in [-0.2, -0.15) is 5.10 Å². The average Bonchev–Trinajstić information content (AvgIpc) is 2.99. The molecule has 22 heavy (non-hydrogen) atoms. The number of aliphatic hydroxyl groups is 1. The highest BCUT2D eigenvalue weighted by Gasteiger charge is 2.17. The molecule has 2 aromatic heterocycles. The minimum atomic E-state index is -0.373. The van der Waals surface area contributed by atoms with E-state index in [0.29, 0.717) is 37.2 Å². The van der Waals surface area contributed by atoms with Gasteiger partial charge in [0.15, 0.2) is 5.82 Å². The van der Waals surface area contributed by atoms with E-state index < -0.39 is 0 Å². The van der Waals surface area contributed by atoms with Gasteiger partial charge < -0.3 is 10.4 Å². The summed E-state index contributed by atoms with van der Waals surface area (Å²) in [7, 11) is 0. The van der Waals surface area contributed by atoms with Gasteiger partial charge in [0, 0.05) is 12.7 Å². The predicted octanol–water partition coefficient (Wildman–Crippen LogP) is 1.72. The summed E-state index contributed by atoms with van der Waals surface area (Å²) in [6.45, 7) is 4.35. The van der Waals surface area contributed by atoms with Crippen molar-refractivity contribution in [2.45, 2.75) is 39.2 Å². The number of carbonyl (C=O) groups excluding carboxylic acids is 1. The number of carbonyl (C=O) groups is 1. The molecule has 6 heteroatoms. The van der Waals surface area contributed by atoms with Gasteiger partial charge in [-0.25, -0.2) is 9.67 Å². The lowest BCUT2D eigenvalue weighted by molar-refractivity contribution is 0.0941. The molecule has 0 aliphatic heterocycles. The van der Waals surface area contributed by atoms with Crippen molar-refractivity contribution in [2.24, 2.45) is 0 Å². The number of aromatic nitrogens is 3. The Morgan fingerprint density at radius 3 is 2.86 bits per heavy atom. The van der Waals surface area contributed by atoms with E-state index in [1.54, 1.807) is 17.1 Å². The number of aliphatic hydroxyl groups excluding tert-OH is 1. The number of pyridine rings is 1. The molecule has 0 aliphatic rings. The van der Waals surface area contributed by atoms with E-state index in [1.165, 1.54) is 0 Å². The monoisotopic (exact) mass is 302 g/mol. The van der Waals surface area contributed by atoms with E-state index in [0.717, 1.165) is 5.69 Å². The molecule has 0 saturated carbocycles. The maximum Gasteiger partial charge on any atom is 0.254 e. The Morgan fingerprint density at radius 2 is 2.23 bits per heavy atom. The van der Waals surface area contributed by atoms with Crippen LogP contribution in [0.5, 0.6) is 0 Å². The topological polar surface area (TPSA) is 80.0 Å². The van der Waals surface area contributed by atoms with E-state index in [4.69, 9.17) is 0 Å². The van der Waals surface area contributed by atoms with Crippen LogP contribution in [0.1, 0.15) is 42.7 Å². The smallest absolute Gasteiger partial charge is 0.254 e. The molecule has 1 unspecified atom stereocenters. The highest BCUT2D eigenvalue weighted by atomic mass is 16.3. The van der Waals surface area contributed by atoms with Crippen molar-refractivity contribution in [2.75, 3.05) is 6.54 Å². The molecule has 1 atom stereocenters. The Hall–Kier alpha value is -2.21. The van der Waals surface area contributed by atoms with Crippen molar-refractivity contribution in [3.8, 4) is 5.82 Å². The molecule has 0 fully saturated rings. The molecule has 2 aromatic rings. The van der Waals surface area contributed by atoms with Crippen LogP contribution in [0.2, 0.25) is 0 Å². The maximum atomic E-state index is 12.3. The Labute approximate surface area is 130 Å². The highest BCUT2D eigenvalue weighted by Crippen LogP contribution is 2.14. The molecule has 0 saturated heterocycles. The van der Waals surface area contributed by atoms with Crippen LogP contribution >= 0.6 is 0 Å². The number of hydrogen-bond donors (Lipinski definition) is 2. The molecule has 0 bridgehead atoms. The zero-order chi connectivity index (χ0) is 15.9. The Bertz CT molecular complexity index is 610. The largest absolute Gasteiger partial charge is 0.393 e. The molecule has 2 rings (SSSR count). The molecule has 0 aromatic carbocycles. The first kappa shape index (κ1) is 16.2. The number of nitrogens with zero attached hydrogens (tertiary/aromatic N) is 3. The van der Waals surface area contributed by atoms with Gasteiger partial charge in [0.2, 0.25) is 0 Å². The molecule has 0 aliphatic carbocycles. The Morgan fingerprint density at radius 1 is 1.41 bits per heavy atom. The van der Waals surface area contributed by atoms with Crippen molar-refractivity contribution in [3.63, 3.8) is 0 Å². The van der Waals surface area contributed by atoms with Crippen molar-refractivity contribution < 1.29 is 9.90 Å². The second kappa shape index (κ2) is 7.70. The molecule has 0 spiro atoms. The summed E-state index contributed by atoms with van der Waals surface area (Å²) in [5.74, 6) is 0.530. The van der Waals surface area contributed by atoms with Gasteiger partial charge >= 0.3 is 0 Å². The lowest BCUT2D eigenvalue weighted by atomic mass is 10.1. The fraction of sp³-hybridized carbons (Fsp3) is 0.438. The van der Waals surface area contributed by atoms with E-state index in [9.17, 15) is 9.90 Å². The molecule has 6 nitrogen and oxygen atoms in total. The van der Waals surface area contributed by atoms with Crippen LogP contribution in [0.25, 0.3) is 5.82 Å². The van der Waals surface area contributed by atoms with Crippen LogP contribution in [0.3, 0.4) is 0 Å². The van der Waals surface area contributed by atoms with Crippen LogP contribution in [-0.2, 0) is 6.42 Å². The zero-order valence-corrected chi connectivity index (χ0v) is 13.0. The zero-order valence-electron chi connectivity index (χ0n) is 13.0. The van der Waals surface area contributed by atoms with E-state index in [2.05, 4.69) is 15.4 Å². The summed E-state index contributed by atoms with van der Waals surface area (Å²) < 4.78 is 1.69. The fourth-order valence-corrected chi connectivity index (χ4v) is 2.23. The number of nitrogens with one attached hydrogen (secondary N) is 1. The highest BCUT2D eigenvalue weighted by molar-refractivity contribution is 5.95. The van der Waals surface area contributed by atoms with Gasteiger partial charge in [-0.3, -0.25) is 4.79 Å². The Balaban J connectivity index is 2.12. The predicted molar refractivity (Wildman–Crippen MR) is 84.0 cm³/mol. The SMILES string of the molecule is CCc1c(C(=O)NCCC(O)CC)cnn1-c1ccccn1. The summed E-state index contributed by atoms with van der Waals surface area (Å²) in [6, 6.07) is 5.58. The third-order valence-electron chi connectivity index (χ3n) is 3.55. The van der Waals surface area contributed by atoms with Crippen molar-refractivity contribution in [1.29, 1.82) is 0 Å². The molecular formula is C16H22N4O2. The third kappa shape index (κ3) is 3.71. The van der Waals surface area contributed by atoms with Crippen LogP contribution in [0, 0.1) is 0 Å². The second-order valence-corrected chi connectivity index (χ2v) is 5.06. The van der Waals surface area contributed by atoms with Gasteiger partial charge in [0.25, 0.3) is 5.91 Å². The standard InChI is InChI=1S/C16H22N4O2/c1-3-12(21)8-10-18-16(22)13-11-19-20(14(13)4-2)15-7-5-6-9-17-15/h5-7,9,11-12,21H,3-4,8,10H2,1-2H3,(H,18,22). The van der Waals surface area contributed by atoms with E-state index in [1.807, 2.05) is 32.0 Å². The summed E-state index contributed by atoms with van der Waals surface area (Å²) >= 11 is 0. The van der Waals surface area contributed by atoms with Crippen molar-refractivity contribution in [1.82, 2.24) is 20.1 Å². The van der Waals surface area contributed by atoms with Gasteiger partial charge in [-0.15, -0.1) is 0 Å². The molecule has 1 amide bonds. The van der Waals surface area contributed by atoms with E-state index in [-0.39, 0.29) is 12.0 Å². The van der Waals surface area contributed by atoms with Crippen molar-refractivity contribution in [3.05, 3.63) is 41.9 Å². The van der Waals surface area contributed by atoms with E-state index >= 15 is 0 Å². The summed E-state index contributed by atoms with van der Waals surface area (Å²) in [5, 5.41) is 16.6. The van der Waals surface area contributed by atoms with Gasteiger partial charge in [-0.05, 0) is 31.4 Å². The fourth-order valence-electron chi connectivity index (χ4n) is 2.23. The summed E-state index contributed by atoms with van der Waals surface area (Å²) in [4.78, 5) is 16.5. The van der Waals surface area contributed by atoms with Gasteiger partial charge in [0.1, 0.15) is 0 Å². The number of rotatable bonds is 7. The Kier molecular flexibility index (Phi) is 5.66. The first-order valence-corrected chi connectivity index (χ1v) is 7.61. The molecule has 2 heterocycles. The van der Waals surface area contributed by atoms with Crippen LogP contribution in [0.4, 0.5) is 0 Å². The van der Waals surface area contributed by atoms with Crippen LogP contribution < -0.4 is 5.32 Å². The molecular weight excluding hydrogens is 280 g/mol. The normalized spacial score (nSPS) is 12.1. The first-order chi connectivity index (χ1) is 10.7. The van der Waals surface area contributed by atoms with Gasteiger partial charge in [-0.1, -0.05) is 19.9 Å². The molecule has 2 N–H and O–H groups in total. The minimum absolute atomic E-state index is 0.165. The lowest BCUT2D eigenvalue weighted by Gasteiger charge is -2.09. The number of amides is 1. The van der Waals surface area contributed by atoms with Crippen molar-refractivity contribution >= 4 is 5.91 Å². The molecule has 0 radical (unpaired) electrons.